The van der Waals surface area contributed by atoms with Crippen molar-refractivity contribution in [2.75, 3.05) is 0 Å². The van der Waals surface area contributed by atoms with Crippen LogP contribution in [-0.4, -0.2) is 26.1 Å². The highest BCUT2D eigenvalue weighted by molar-refractivity contribution is 6.00. The maximum Gasteiger partial charge on any atom is 0.256 e. The summed E-state index contributed by atoms with van der Waals surface area (Å²) in [6.07, 6.45) is 8.30. The summed E-state index contributed by atoms with van der Waals surface area (Å²) in [7, 11) is 1.92. The predicted molar refractivity (Wildman–Crippen MR) is 83.9 cm³/mol. The smallest absolute Gasteiger partial charge is 0.256 e. The fraction of sp³-hybridized carbons (Fsp3) is 0.294. The lowest BCUT2D eigenvalue weighted by Gasteiger charge is -2.25. The third kappa shape index (κ3) is 2.09. The fourth-order valence-electron chi connectivity index (χ4n) is 3.29. The molecule has 0 saturated carbocycles. The number of carbonyl (C=O) groups is 1. The van der Waals surface area contributed by atoms with Crippen molar-refractivity contribution < 1.29 is 4.79 Å². The van der Waals surface area contributed by atoms with Gasteiger partial charge in [-0.3, -0.25) is 4.79 Å². The SMILES string of the molecule is Cn1ccn2ncc(C(=O)NC3CCc4ccccc4C3)c12. The van der Waals surface area contributed by atoms with Crippen molar-refractivity contribution in [1.82, 2.24) is 19.5 Å². The van der Waals surface area contributed by atoms with E-state index in [4.69, 9.17) is 0 Å². The van der Waals surface area contributed by atoms with Crippen LogP contribution in [0.15, 0.2) is 42.9 Å². The van der Waals surface area contributed by atoms with E-state index in [1.807, 2.05) is 24.0 Å². The summed E-state index contributed by atoms with van der Waals surface area (Å²) in [6.45, 7) is 0. The lowest BCUT2D eigenvalue weighted by Crippen LogP contribution is -2.38. The van der Waals surface area contributed by atoms with Gasteiger partial charge in [0.05, 0.1) is 6.20 Å². The molecule has 2 aromatic heterocycles. The van der Waals surface area contributed by atoms with E-state index < -0.39 is 0 Å². The minimum absolute atomic E-state index is 0.0406. The fourth-order valence-corrected chi connectivity index (χ4v) is 3.29. The van der Waals surface area contributed by atoms with Gasteiger partial charge < -0.3 is 9.88 Å². The van der Waals surface area contributed by atoms with E-state index in [-0.39, 0.29) is 11.9 Å². The summed E-state index contributed by atoms with van der Waals surface area (Å²) >= 11 is 0. The monoisotopic (exact) mass is 294 g/mol. The lowest BCUT2D eigenvalue weighted by atomic mass is 9.88. The minimum Gasteiger partial charge on any atom is -0.349 e. The first-order chi connectivity index (χ1) is 10.7. The molecule has 0 radical (unpaired) electrons. The van der Waals surface area contributed by atoms with Gasteiger partial charge in [-0.05, 0) is 30.4 Å². The van der Waals surface area contributed by atoms with E-state index in [2.05, 4.69) is 34.7 Å². The van der Waals surface area contributed by atoms with E-state index in [0.717, 1.165) is 24.9 Å². The number of carbonyl (C=O) groups excluding carboxylic acids is 1. The Morgan fingerprint density at radius 1 is 1.27 bits per heavy atom. The molecular weight excluding hydrogens is 276 g/mol. The molecule has 0 spiro atoms. The molecule has 1 aromatic carbocycles. The van der Waals surface area contributed by atoms with Gasteiger partial charge in [-0.1, -0.05) is 24.3 Å². The average molecular weight is 294 g/mol. The van der Waals surface area contributed by atoms with Crippen LogP contribution in [0.5, 0.6) is 0 Å². The van der Waals surface area contributed by atoms with Gasteiger partial charge in [0.15, 0.2) is 0 Å². The number of aromatic nitrogens is 3. The Kier molecular flexibility index (Phi) is 2.99. The van der Waals surface area contributed by atoms with E-state index in [0.29, 0.717) is 5.56 Å². The Balaban J connectivity index is 1.54. The molecule has 3 aromatic rings. The van der Waals surface area contributed by atoms with Gasteiger partial charge in [-0.25, -0.2) is 4.52 Å². The van der Waals surface area contributed by atoms with Gasteiger partial charge in [0, 0.05) is 25.5 Å². The van der Waals surface area contributed by atoms with Crippen molar-refractivity contribution in [2.45, 2.75) is 25.3 Å². The second kappa shape index (κ2) is 5.02. The summed E-state index contributed by atoms with van der Waals surface area (Å²) in [5.74, 6) is -0.0406. The summed E-state index contributed by atoms with van der Waals surface area (Å²) in [6, 6.07) is 8.67. The first kappa shape index (κ1) is 13.1. The van der Waals surface area contributed by atoms with Crippen molar-refractivity contribution >= 4 is 11.6 Å². The van der Waals surface area contributed by atoms with Gasteiger partial charge in [-0.15, -0.1) is 0 Å². The largest absolute Gasteiger partial charge is 0.349 e. The van der Waals surface area contributed by atoms with Crippen LogP contribution in [0.4, 0.5) is 0 Å². The zero-order chi connectivity index (χ0) is 15.1. The van der Waals surface area contributed by atoms with Gasteiger partial charge in [0.2, 0.25) is 0 Å². The van der Waals surface area contributed by atoms with Gasteiger partial charge in [0.25, 0.3) is 5.91 Å². The maximum atomic E-state index is 12.6. The number of amides is 1. The topological polar surface area (TPSA) is 51.3 Å². The third-order valence-corrected chi connectivity index (χ3v) is 4.46. The first-order valence-corrected chi connectivity index (χ1v) is 7.58. The van der Waals surface area contributed by atoms with Gasteiger partial charge in [0.1, 0.15) is 11.2 Å². The molecule has 5 nitrogen and oxygen atoms in total. The number of hydrogen-bond donors (Lipinski definition) is 1. The van der Waals surface area contributed by atoms with Crippen molar-refractivity contribution in [3.63, 3.8) is 0 Å². The molecule has 4 rings (SSSR count). The molecule has 1 aliphatic rings. The number of nitrogens with zero attached hydrogens (tertiary/aromatic N) is 3. The molecule has 0 bridgehead atoms. The number of imidazole rings is 1. The van der Waals surface area contributed by atoms with E-state index >= 15 is 0 Å². The third-order valence-electron chi connectivity index (χ3n) is 4.46. The summed E-state index contributed by atoms with van der Waals surface area (Å²) in [5, 5.41) is 7.39. The van der Waals surface area contributed by atoms with Crippen molar-refractivity contribution in [3.8, 4) is 0 Å². The minimum atomic E-state index is -0.0406. The number of rotatable bonds is 2. The molecule has 5 heteroatoms. The standard InChI is InChI=1S/C17H18N4O/c1-20-8-9-21-17(20)15(11-18-21)16(22)19-14-7-6-12-4-2-3-5-13(12)10-14/h2-5,8-9,11,14H,6-7,10H2,1H3,(H,19,22). The number of fused-ring (bicyclic) bond motifs is 2. The first-order valence-electron chi connectivity index (χ1n) is 7.58. The van der Waals surface area contributed by atoms with E-state index in [1.54, 1.807) is 10.7 Å². The molecule has 22 heavy (non-hydrogen) atoms. The number of nitrogens with one attached hydrogen (secondary N) is 1. The van der Waals surface area contributed by atoms with E-state index in [9.17, 15) is 4.79 Å². The van der Waals surface area contributed by atoms with E-state index in [1.165, 1.54) is 11.1 Å². The highest BCUT2D eigenvalue weighted by Gasteiger charge is 2.22. The van der Waals surface area contributed by atoms with Crippen LogP contribution in [0, 0.1) is 0 Å². The zero-order valence-corrected chi connectivity index (χ0v) is 12.5. The maximum absolute atomic E-state index is 12.6. The summed E-state index contributed by atoms with van der Waals surface area (Å²) in [5.41, 5.74) is 4.21. The Morgan fingerprint density at radius 3 is 2.95 bits per heavy atom. The molecule has 1 unspecified atom stereocenters. The lowest BCUT2D eigenvalue weighted by molar-refractivity contribution is 0.0935. The van der Waals surface area contributed by atoms with Crippen LogP contribution >= 0.6 is 0 Å². The molecule has 0 saturated heterocycles. The molecular formula is C17H18N4O. The van der Waals surface area contributed by atoms with Crippen LogP contribution in [0.25, 0.3) is 5.65 Å². The molecule has 112 valence electrons. The average Bonchev–Trinajstić information content (AvgIpc) is 3.10. The van der Waals surface area contributed by atoms with Crippen LogP contribution in [0.1, 0.15) is 27.9 Å². The normalized spacial score (nSPS) is 17.4. The zero-order valence-electron chi connectivity index (χ0n) is 12.5. The molecule has 0 fully saturated rings. The molecule has 2 heterocycles. The van der Waals surface area contributed by atoms with Crippen molar-refractivity contribution in [1.29, 1.82) is 0 Å². The second-order valence-electron chi connectivity index (χ2n) is 5.92. The van der Waals surface area contributed by atoms with Crippen LogP contribution in [-0.2, 0) is 19.9 Å². The van der Waals surface area contributed by atoms with Gasteiger partial charge >= 0.3 is 0 Å². The quantitative estimate of drug-likeness (QED) is 0.785. The number of hydrogen-bond acceptors (Lipinski definition) is 2. The van der Waals surface area contributed by atoms with Crippen LogP contribution < -0.4 is 5.32 Å². The summed E-state index contributed by atoms with van der Waals surface area (Å²) < 4.78 is 3.64. The molecule has 1 aliphatic carbocycles. The Bertz CT molecular complexity index is 845. The van der Waals surface area contributed by atoms with Crippen LogP contribution in [0.3, 0.4) is 0 Å². The molecule has 0 aliphatic heterocycles. The highest BCUT2D eigenvalue weighted by atomic mass is 16.1. The van der Waals surface area contributed by atoms with Crippen molar-refractivity contribution in [3.05, 3.63) is 59.5 Å². The Hall–Kier alpha value is -2.56. The van der Waals surface area contributed by atoms with Gasteiger partial charge in [-0.2, -0.15) is 5.10 Å². The Labute approximate surface area is 128 Å². The molecule has 1 atom stereocenters. The van der Waals surface area contributed by atoms with Crippen molar-refractivity contribution in [2.24, 2.45) is 7.05 Å². The predicted octanol–water partition coefficient (Wildman–Crippen LogP) is 1.96. The molecule has 1 N–H and O–H groups in total. The summed E-state index contributed by atoms with van der Waals surface area (Å²) in [4.78, 5) is 12.6. The number of aryl methyl sites for hydroxylation is 2. The Morgan fingerprint density at radius 2 is 2.09 bits per heavy atom. The molecule has 1 amide bonds. The van der Waals surface area contributed by atoms with Crippen LogP contribution in [0.2, 0.25) is 0 Å². The second-order valence-corrected chi connectivity index (χ2v) is 5.92. The number of benzene rings is 1. The highest BCUT2D eigenvalue weighted by Crippen LogP contribution is 2.21.